The lowest BCUT2D eigenvalue weighted by Crippen LogP contribution is -2.59. The number of benzene rings is 1. The first-order valence-electron chi connectivity index (χ1n) is 9.98. The molecule has 4 bridgehead atoms. The van der Waals surface area contributed by atoms with E-state index in [0.29, 0.717) is 30.8 Å². The molecule has 1 amide bonds. The van der Waals surface area contributed by atoms with Gasteiger partial charge >= 0.3 is 0 Å². The molecule has 0 aliphatic heterocycles. The van der Waals surface area contributed by atoms with Crippen molar-refractivity contribution in [2.45, 2.75) is 57.8 Å². The number of aliphatic hydroxyl groups is 1. The summed E-state index contributed by atoms with van der Waals surface area (Å²) in [6, 6.07) is 9.08. The van der Waals surface area contributed by atoms with Gasteiger partial charge < -0.3 is 10.0 Å². The third-order valence-corrected chi connectivity index (χ3v) is 7.22. The van der Waals surface area contributed by atoms with Crippen molar-refractivity contribution in [2.75, 3.05) is 19.7 Å². The predicted octanol–water partition coefficient (Wildman–Crippen LogP) is 3.67. The second-order valence-corrected chi connectivity index (χ2v) is 9.00. The lowest BCUT2D eigenvalue weighted by atomic mass is 9.42. The van der Waals surface area contributed by atoms with E-state index in [2.05, 4.69) is 31.2 Å². The fourth-order valence-corrected chi connectivity index (χ4v) is 6.62. The highest BCUT2D eigenvalue weighted by Crippen LogP contribution is 2.66. The van der Waals surface area contributed by atoms with E-state index >= 15 is 0 Å². The second kappa shape index (κ2) is 6.12. The molecule has 0 spiro atoms. The van der Waals surface area contributed by atoms with E-state index in [0.717, 1.165) is 19.3 Å². The van der Waals surface area contributed by atoms with Crippen molar-refractivity contribution in [1.82, 2.24) is 4.90 Å². The molecule has 3 heteroatoms. The Morgan fingerprint density at radius 3 is 2.36 bits per heavy atom. The summed E-state index contributed by atoms with van der Waals surface area (Å²) in [5, 5.41) is 9.36. The molecular formula is C22H31NO2. The average molecular weight is 341 g/mol. The number of carbonyl (C=O) groups excluding carboxylic acids is 1. The van der Waals surface area contributed by atoms with Crippen molar-refractivity contribution in [3.05, 3.63) is 35.4 Å². The van der Waals surface area contributed by atoms with Gasteiger partial charge in [-0.2, -0.15) is 0 Å². The van der Waals surface area contributed by atoms with Crippen LogP contribution in [0.1, 0.15) is 56.6 Å². The first kappa shape index (κ1) is 17.1. The minimum absolute atomic E-state index is 0.0611. The number of likely N-dealkylation sites (N-methyl/N-ethyl adjacent to an activating group) is 1. The number of aryl methyl sites for hydroxylation is 1. The summed E-state index contributed by atoms with van der Waals surface area (Å²) in [5.41, 5.74) is 2.78. The third-order valence-electron chi connectivity index (χ3n) is 7.22. The monoisotopic (exact) mass is 341 g/mol. The van der Waals surface area contributed by atoms with Gasteiger partial charge in [0.05, 0.1) is 12.0 Å². The molecule has 5 rings (SSSR count). The topological polar surface area (TPSA) is 40.5 Å². The van der Waals surface area contributed by atoms with Crippen LogP contribution in [0.3, 0.4) is 0 Å². The summed E-state index contributed by atoms with van der Waals surface area (Å²) in [7, 11) is 0. The van der Waals surface area contributed by atoms with Crippen LogP contribution in [0.4, 0.5) is 0 Å². The highest BCUT2D eigenvalue weighted by Gasteiger charge is 2.61. The van der Waals surface area contributed by atoms with Crippen molar-refractivity contribution in [2.24, 2.45) is 17.3 Å². The van der Waals surface area contributed by atoms with Crippen molar-refractivity contribution in [1.29, 1.82) is 0 Å². The van der Waals surface area contributed by atoms with Gasteiger partial charge in [-0.3, -0.25) is 4.79 Å². The summed E-state index contributed by atoms with van der Waals surface area (Å²) in [6.45, 7) is 5.41. The molecule has 1 N–H and O–H groups in total. The molecule has 4 aliphatic carbocycles. The largest absolute Gasteiger partial charge is 0.395 e. The van der Waals surface area contributed by atoms with Gasteiger partial charge in [-0.15, -0.1) is 0 Å². The smallest absolute Gasteiger partial charge is 0.228 e. The molecule has 136 valence electrons. The first-order valence-corrected chi connectivity index (χ1v) is 9.98. The molecule has 1 aromatic carbocycles. The van der Waals surface area contributed by atoms with Crippen LogP contribution < -0.4 is 0 Å². The minimum atomic E-state index is -0.180. The van der Waals surface area contributed by atoms with Gasteiger partial charge in [0, 0.05) is 13.1 Å². The maximum atomic E-state index is 13.5. The van der Waals surface area contributed by atoms with Crippen LogP contribution >= 0.6 is 0 Å². The van der Waals surface area contributed by atoms with Crippen LogP contribution in [0.25, 0.3) is 0 Å². The zero-order valence-corrected chi connectivity index (χ0v) is 15.6. The molecule has 0 heterocycles. The number of rotatable bonds is 5. The predicted molar refractivity (Wildman–Crippen MR) is 99.3 cm³/mol. The van der Waals surface area contributed by atoms with Gasteiger partial charge in [0.1, 0.15) is 0 Å². The van der Waals surface area contributed by atoms with Crippen molar-refractivity contribution >= 4 is 5.91 Å². The molecular weight excluding hydrogens is 310 g/mol. The quantitative estimate of drug-likeness (QED) is 0.887. The molecule has 4 aliphatic rings. The van der Waals surface area contributed by atoms with Crippen LogP contribution in [0.15, 0.2) is 24.3 Å². The van der Waals surface area contributed by atoms with E-state index in [1.807, 2.05) is 11.8 Å². The summed E-state index contributed by atoms with van der Waals surface area (Å²) in [4.78, 5) is 15.4. The molecule has 0 radical (unpaired) electrons. The number of nitrogens with zero attached hydrogens (tertiary/aromatic N) is 1. The fourth-order valence-electron chi connectivity index (χ4n) is 6.62. The number of carbonyl (C=O) groups is 1. The standard InChI is InChI=1S/C22H31NO2/c1-3-23(8-9-24)20(25)22-13-17-10-18(14-22)12-21(11-17,15-22)19-6-4-16(2)5-7-19/h4-7,17-18,24H,3,8-15H2,1-2H3. The van der Waals surface area contributed by atoms with Crippen molar-refractivity contribution < 1.29 is 9.90 Å². The van der Waals surface area contributed by atoms with Crippen molar-refractivity contribution in [3.63, 3.8) is 0 Å². The van der Waals surface area contributed by atoms with E-state index < -0.39 is 0 Å². The first-order chi connectivity index (χ1) is 12.0. The molecule has 2 unspecified atom stereocenters. The van der Waals surface area contributed by atoms with Crippen LogP contribution in [0, 0.1) is 24.2 Å². The molecule has 2 atom stereocenters. The van der Waals surface area contributed by atoms with E-state index in [-0.39, 0.29) is 17.4 Å². The van der Waals surface area contributed by atoms with Crippen LogP contribution in [0.2, 0.25) is 0 Å². The minimum Gasteiger partial charge on any atom is -0.395 e. The van der Waals surface area contributed by atoms with Gasteiger partial charge in [0.2, 0.25) is 5.91 Å². The molecule has 4 fully saturated rings. The zero-order valence-electron chi connectivity index (χ0n) is 15.6. The Balaban J connectivity index is 1.69. The Kier molecular flexibility index (Phi) is 4.18. The molecule has 25 heavy (non-hydrogen) atoms. The number of hydrogen-bond donors (Lipinski definition) is 1. The maximum Gasteiger partial charge on any atom is 0.228 e. The summed E-state index contributed by atoms with van der Waals surface area (Å²) < 4.78 is 0. The van der Waals surface area contributed by atoms with Crippen LogP contribution in [0.5, 0.6) is 0 Å². The number of amides is 1. The summed E-state index contributed by atoms with van der Waals surface area (Å²) in [5.74, 6) is 1.70. The zero-order chi connectivity index (χ0) is 17.7. The SMILES string of the molecule is CCN(CCO)C(=O)C12CC3CC(C1)CC(c1ccc(C)cc1)(C3)C2. The van der Waals surface area contributed by atoms with Gasteiger partial charge in [0.15, 0.2) is 0 Å². The average Bonchev–Trinajstić information content (AvgIpc) is 2.58. The van der Waals surface area contributed by atoms with Gasteiger partial charge in [-0.05, 0) is 75.2 Å². The molecule has 4 saturated carbocycles. The van der Waals surface area contributed by atoms with E-state index in [1.165, 1.54) is 30.4 Å². The summed E-state index contributed by atoms with van der Waals surface area (Å²) >= 11 is 0. The lowest BCUT2D eigenvalue weighted by Gasteiger charge is -2.62. The molecule has 0 aromatic heterocycles. The van der Waals surface area contributed by atoms with Gasteiger partial charge in [-0.25, -0.2) is 0 Å². The van der Waals surface area contributed by atoms with Gasteiger partial charge in [0.25, 0.3) is 0 Å². The van der Waals surface area contributed by atoms with Crippen LogP contribution in [-0.4, -0.2) is 35.6 Å². The Labute approximate surface area is 151 Å². The Morgan fingerprint density at radius 2 is 1.80 bits per heavy atom. The summed E-state index contributed by atoms with van der Waals surface area (Å²) in [6.07, 6.45) is 6.97. The number of hydrogen-bond acceptors (Lipinski definition) is 2. The van der Waals surface area contributed by atoms with E-state index in [1.54, 1.807) is 0 Å². The highest BCUT2D eigenvalue weighted by atomic mass is 16.3. The van der Waals surface area contributed by atoms with Crippen molar-refractivity contribution in [3.8, 4) is 0 Å². The highest BCUT2D eigenvalue weighted by molar-refractivity contribution is 5.83. The third kappa shape index (κ3) is 2.71. The lowest BCUT2D eigenvalue weighted by molar-refractivity contribution is -0.160. The normalized spacial score (nSPS) is 35.8. The fraction of sp³-hybridized carbons (Fsp3) is 0.682. The van der Waals surface area contributed by atoms with Crippen LogP contribution in [-0.2, 0) is 10.2 Å². The maximum absolute atomic E-state index is 13.5. The Hall–Kier alpha value is -1.35. The Morgan fingerprint density at radius 1 is 1.16 bits per heavy atom. The van der Waals surface area contributed by atoms with E-state index in [4.69, 9.17) is 0 Å². The molecule has 3 nitrogen and oxygen atoms in total. The molecule has 0 saturated heterocycles. The van der Waals surface area contributed by atoms with Gasteiger partial charge in [-0.1, -0.05) is 29.8 Å². The molecule has 1 aromatic rings. The second-order valence-electron chi connectivity index (χ2n) is 9.00. The van der Waals surface area contributed by atoms with E-state index in [9.17, 15) is 9.90 Å². The number of aliphatic hydroxyl groups excluding tert-OH is 1. The Bertz CT molecular complexity index is 636.